The summed E-state index contributed by atoms with van der Waals surface area (Å²) in [6.45, 7) is 11.5. The van der Waals surface area contributed by atoms with Crippen LogP contribution in [0.4, 0.5) is 4.79 Å². The summed E-state index contributed by atoms with van der Waals surface area (Å²) >= 11 is 3.63. The number of amides is 1. The van der Waals surface area contributed by atoms with Crippen molar-refractivity contribution in [1.29, 1.82) is 0 Å². The van der Waals surface area contributed by atoms with Crippen LogP contribution in [-0.4, -0.2) is 106 Å². The van der Waals surface area contributed by atoms with Gasteiger partial charge >= 0.3 is 30.0 Å². The summed E-state index contributed by atoms with van der Waals surface area (Å²) in [6.07, 6.45) is 2.11. The van der Waals surface area contributed by atoms with Crippen LogP contribution < -0.4 is 0 Å². The second kappa shape index (κ2) is 17.3. The summed E-state index contributed by atoms with van der Waals surface area (Å²) in [7, 11) is 1.98. The van der Waals surface area contributed by atoms with Crippen molar-refractivity contribution in [2.24, 2.45) is 5.92 Å². The number of nitrogens with zero attached hydrogens (tertiary/aromatic N) is 3. The topological polar surface area (TPSA) is 171 Å². The Balaban J connectivity index is 1.44. The lowest BCUT2D eigenvalue weighted by molar-refractivity contribution is -0.160. The minimum Gasteiger partial charge on any atom is -0.481 e. The number of aromatic nitrogens is 1. The smallest absolute Gasteiger partial charge is 0.422 e. The highest BCUT2D eigenvalue weighted by molar-refractivity contribution is 9.10. The fourth-order valence-corrected chi connectivity index (χ4v) is 7.47. The number of carboxylic acid groups (broad SMARTS) is 1. The molecule has 0 spiro atoms. The number of hydrogen-bond acceptors (Lipinski definition) is 11. The Hall–Kier alpha value is -4.24. The molecule has 4 rings (SSSR count). The average molecular weight is 805 g/mol. The van der Waals surface area contributed by atoms with Gasteiger partial charge < -0.3 is 29.0 Å². The summed E-state index contributed by atoms with van der Waals surface area (Å²) < 4.78 is 23.0. The van der Waals surface area contributed by atoms with Gasteiger partial charge in [-0.1, -0.05) is 18.2 Å². The van der Waals surface area contributed by atoms with Gasteiger partial charge in [-0.05, 0) is 107 Å². The van der Waals surface area contributed by atoms with Crippen LogP contribution >= 0.6 is 15.9 Å². The Morgan fingerprint density at radius 1 is 0.943 bits per heavy atom. The Kier molecular flexibility index (Phi) is 13.5. The zero-order valence-electron chi connectivity index (χ0n) is 31.5. The molecule has 0 unspecified atom stereocenters. The van der Waals surface area contributed by atoms with E-state index in [0.29, 0.717) is 49.0 Å². The quantitative estimate of drug-likeness (QED) is 0.133. The van der Waals surface area contributed by atoms with Crippen LogP contribution in [0, 0.1) is 5.92 Å². The molecule has 1 amide bonds. The molecule has 0 saturated carbocycles. The minimum absolute atomic E-state index is 0.0116. The molecule has 0 saturated heterocycles. The molecule has 0 radical (unpaired) electrons. The van der Waals surface area contributed by atoms with E-state index >= 15 is 0 Å². The van der Waals surface area contributed by atoms with Gasteiger partial charge in [0.1, 0.15) is 11.2 Å². The number of rotatable bonds is 15. The summed E-state index contributed by atoms with van der Waals surface area (Å²) in [5, 5.41) is 9.70. The molecule has 1 aliphatic heterocycles. The minimum atomic E-state index is -1.06. The fourth-order valence-electron chi connectivity index (χ4n) is 6.78. The Morgan fingerprint density at radius 3 is 2.26 bits per heavy atom. The van der Waals surface area contributed by atoms with Crippen molar-refractivity contribution in [3.63, 3.8) is 0 Å². The second-order valence-electron chi connectivity index (χ2n) is 15.0. The van der Waals surface area contributed by atoms with Crippen LogP contribution in [0.3, 0.4) is 0 Å². The fraction of sp³-hybridized carbons (Fsp3) is 0.579. The third-order valence-electron chi connectivity index (χ3n) is 9.18. The average Bonchev–Trinajstić information content (AvgIpc) is 3.35. The summed E-state index contributed by atoms with van der Waals surface area (Å²) in [4.78, 5) is 78.2. The molecule has 1 aromatic heterocycles. The molecule has 1 aromatic carbocycles. The number of carbonyl (C=O) groups excluding carboxylic acids is 5. The first-order chi connectivity index (χ1) is 24.8. The number of likely N-dealkylation sites (N-methyl/N-ethyl adjacent to an activating group) is 1. The highest BCUT2D eigenvalue weighted by Crippen LogP contribution is 2.45. The third-order valence-corrected chi connectivity index (χ3v) is 10.0. The van der Waals surface area contributed by atoms with Crippen molar-refractivity contribution in [1.82, 2.24) is 14.4 Å². The molecule has 0 bridgehead atoms. The van der Waals surface area contributed by atoms with E-state index in [2.05, 4.69) is 20.8 Å². The van der Waals surface area contributed by atoms with E-state index in [1.165, 1.54) is 4.57 Å². The lowest BCUT2D eigenvalue weighted by Gasteiger charge is -2.40. The van der Waals surface area contributed by atoms with Crippen molar-refractivity contribution >= 4 is 68.3 Å². The van der Waals surface area contributed by atoms with Crippen LogP contribution in [0.15, 0.2) is 28.9 Å². The van der Waals surface area contributed by atoms with E-state index in [-0.39, 0.29) is 37.6 Å². The van der Waals surface area contributed by atoms with E-state index in [9.17, 15) is 28.8 Å². The third kappa shape index (κ3) is 10.7. The first-order valence-electron chi connectivity index (χ1n) is 17.8. The van der Waals surface area contributed by atoms with Gasteiger partial charge in [-0.3, -0.25) is 28.9 Å². The number of ether oxygens (including phenoxy) is 4. The van der Waals surface area contributed by atoms with Gasteiger partial charge in [-0.15, -0.1) is 0 Å². The van der Waals surface area contributed by atoms with Crippen molar-refractivity contribution in [2.45, 2.75) is 104 Å². The maximum absolute atomic E-state index is 13.9. The van der Waals surface area contributed by atoms with E-state index in [4.69, 9.17) is 24.1 Å². The molecule has 15 heteroatoms. The Labute approximate surface area is 317 Å². The maximum atomic E-state index is 13.9. The molecule has 2 heterocycles. The van der Waals surface area contributed by atoms with Crippen LogP contribution in [0.1, 0.15) is 91.2 Å². The number of benzene rings is 1. The van der Waals surface area contributed by atoms with Gasteiger partial charge in [0, 0.05) is 31.1 Å². The van der Waals surface area contributed by atoms with Crippen LogP contribution in [0.25, 0.3) is 16.5 Å². The van der Waals surface area contributed by atoms with Gasteiger partial charge in [-0.25, -0.2) is 9.36 Å². The van der Waals surface area contributed by atoms with Crippen molar-refractivity contribution in [3.8, 4) is 0 Å². The molecule has 53 heavy (non-hydrogen) atoms. The number of esters is 3. The predicted octanol–water partition coefficient (Wildman–Crippen LogP) is 5.70. The molecule has 1 aliphatic carbocycles. The molecule has 2 atom stereocenters. The van der Waals surface area contributed by atoms with Crippen LogP contribution in [-0.2, 0) is 49.3 Å². The highest BCUT2D eigenvalue weighted by atomic mass is 79.9. The zero-order valence-corrected chi connectivity index (χ0v) is 33.1. The Morgan fingerprint density at radius 2 is 1.60 bits per heavy atom. The molecule has 2 aliphatic rings. The van der Waals surface area contributed by atoms with E-state index < -0.39 is 53.9 Å². The number of hydrogen-bond donors (Lipinski definition) is 1. The standard InChI is InChI=1S/C38H50BrN3O11/c1-8-41(18-10-17-38(5,6)53-32(47)14-13-29(43)44)35(48)23-19-25-24-11-9-12-27-33(24)26(20-28(25)40(7)21-23)34(39)42(27)36(49)51-22-50-30(45)15-16-31(46)52-37(2,3)4/h9,11-12,19,23,28H,8,10,13-18,20-22H2,1-7H3,(H,43,44)/t23-,28-/m1/s1. The van der Waals surface area contributed by atoms with Gasteiger partial charge in [0.2, 0.25) is 12.7 Å². The van der Waals surface area contributed by atoms with Crippen molar-refractivity contribution in [3.05, 3.63) is 40.0 Å². The first kappa shape index (κ1) is 41.5. The van der Waals surface area contributed by atoms with E-state index in [0.717, 1.165) is 22.1 Å². The normalized spacial score (nSPS) is 17.0. The number of carboxylic acids is 1. The van der Waals surface area contributed by atoms with Crippen molar-refractivity contribution in [2.75, 3.05) is 33.5 Å². The van der Waals surface area contributed by atoms with Gasteiger partial charge in [0.15, 0.2) is 0 Å². The largest absolute Gasteiger partial charge is 0.481 e. The van der Waals surface area contributed by atoms with E-state index in [1.807, 2.05) is 32.2 Å². The lowest BCUT2D eigenvalue weighted by Crippen LogP contribution is -2.48. The molecule has 0 fully saturated rings. The number of halogens is 1. The molecule has 1 N–H and O–H groups in total. The number of fused-ring (bicyclic) bond motifs is 2. The lowest BCUT2D eigenvalue weighted by atomic mass is 9.79. The predicted molar refractivity (Wildman–Crippen MR) is 198 cm³/mol. The molecule has 14 nitrogen and oxygen atoms in total. The number of carbonyl (C=O) groups is 6. The maximum Gasteiger partial charge on any atom is 0.422 e. The zero-order chi connectivity index (χ0) is 39.2. The summed E-state index contributed by atoms with van der Waals surface area (Å²) in [6, 6.07) is 5.59. The van der Waals surface area contributed by atoms with E-state index in [1.54, 1.807) is 45.6 Å². The van der Waals surface area contributed by atoms with Crippen LogP contribution in [0.5, 0.6) is 0 Å². The molecular formula is C38H50BrN3O11. The molecular weight excluding hydrogens is 754 g/mol. The van der Waals surface area contributed by atoms with Gasteiger partial charge in [0.25, 0.3) is 0 Å². The summed E-state index contributed by atoms with van der Waals surface area (Å²) in [5.41, 5.74) is 1.95. The second-order valence-corrected chi connectivity index (χ2v) is 15.7. The molecule has 290 valence electrons. The molecule has 2 aromatic rings. The highest BCUT2D eigenvalue weighted by Gasteiger charge is 2.39. The number of aliphatic carboxylic acids is 1. The monoisotopic (exact) mass is 803 g/mol. The van der Waals surface area contributed by atoms with Crippen molar-refractivity contribution < 1.29 is 52.8 Å². The summed E-state index contributed by atoms with van der Waals surface area (Å²) in [5.74, 6) is -3.28. The van der Waals surface area contributed by atoms with Crippen LogP contribution in [0.2, 0.25) is 0 Å². The van der Waals surface area contributed by atoms with Gasteiger partial charge in [-0.2, -0.15) is 0 Å². The Bertz CT molecular complexity index is 1770. The first-order valence-corrected chi connectivity index (χ1v) is 18.6. The SMILES string of the molecule is CCN(CCCC(C)(C)OC(=O)CCC(=O)O)C(=O)[C@@H]1C=C2c3cccc4c3c(c(Br)n4C(=O)OCOC(=O)CCC(=O)OC(C)(C)C)C[C@H]2N(C)C1. The van der Waals surface area contributed by atoms with Gasteiger partial charge in [0.05, 0.1) is 41.7 Å².